The van der Waals surface area contributed by atoms with Crippen molar-refractivity contribution in [3.8, 4) is 0 Å². The number of rotatable bonds is 5. The highest BCUT2D eigenvalue weighted by Crippen LogP contribution is 2.26. The van der Waals surface area contributed by atoms with Gasteiger partial charge in [0.15, 0.2) is 0 Å². The number of nitrogens with one attached hydrogen (secondary N) is 1. The largest absolute Gasteiger partial charge is 0.481 e. The fourth-order valence-electron chi connectivity index (χ4n) is 1.31. The molecule has 19 heavy (non-hydrogen) atoms. The molecule has 1 aromatic carbocycles. The van der Waals surface area contributed by atoms with E-state index in [0.29, 0.717) is 8.95 Å². The molecule has 0 saturated carbocycles. The maximum Gasteiger partial charge on any atom is 0.307 e. The summed E-state index contributed by atoms with van der Waals surface area (Å²) in [6, 6.07) is 4.04. The molecule has 0 radical (unpaired) electrons. The van der Waals surface area contributed by atoms with Crippen LogP contribution in [0.4, 0.5) is 0 Å². The second kappa shape index (κ2) is 6.34. The van der Waals surface area contributed by atoms with Gasteiger partial charge in [-0.2, -0.15) is 0 Å². The Morgan fingerprint density at radius 3 is 2.42 bits per heavy atom. The molecule has 2 unspecified atom stereocenters. The molecule has 0 amide bonds. The third kappa shape index (κ3) is 4.27. The molecular formula is C11H13Br2NO4S. The molecule has 0 aromatic heterocycles. The fraction of sp³-hybridized carbons (Fsp3) is 0.364. The standard InChI is InChI=1S/C11H13Br2NO4S/c1-6(11(15)16)7(2)14-19(17,18)10-5-8(12)3-4-9(10)13/h3-7,14H,1-2H3,(H,15,16). The highest BCUT2D eigenvalue weighted by atomic mass is 79.9. The molecular weight excluding hydrogens is 402 g/mol. The number of carbonyl (C=O) groups is 1. The topological polar surface area (TPSA) is 83.5 Å². The quantitative estimate of drug-likeness (QED) is 0.775. The zero-order valence-electron chi connectivity index (χ0n) is 10.2. The van der Waals surface area contributed by atoms with Crippen LogP contribution in [-0.2, 0) is 14.8 Å². The molecule has 0 aliphatic carbocycles. The Kier molecular flexibility index (Phi) is 5.54. The van der Waals surface area contributed by atoms with Gasteiger partial charge in [-0.1, -0.05) is 22.9 Å². The van der Waals surface area contributed by atoms with E-state index < -0.39 is 28.0 Å². The van der Waals surface area contributed by atoms with Crippen LogP contribution < -0.4 is 4.72 Å². The van der Waals surface area contributed by atoms with Gasteiger partial charge in [-0.15, -0.1) is 0 Å². The van der Waals surface area contributed by atoms with Crippen molar-refractivity contribution >= 4 is 47.9 Å². The van der Waals surface area contributed by atoms with Gasteiger partial charge in [-0.3, -0.25) is 4.79 Å². The molecule has 0 saturated heterocycles. The van der Waals surface area contributed by atoms with E-state index in [4.69, 9.17) is 5.11 Å². The van der Waals surface area contributed by atoms with Crippen molar-refractivity contribution in [3.63, 3.8) is 0 Å². The third-order valence-electron chi connectivity index (χ3n) is 2.66. The first-order chi connectivity index (χ1) is 8.65. The van der Waals surface area contributed by atoms with Crippen LogP contribution in [0, 0.1) is 5.92 Å². The van der Waals surface area contributed by atoms with Gasteiger partial charge in [0.25, 0.3) is 0 Å². The summed E-state index contributed by atoms with van der Waals surface area (Å²) in [5.41, 5.74) is 0. The Morgan fingerprint density at radius 1 is 1.32 bits per heavy atom. The second-order valence-corrected chi connectivity index (χ2v) is 7.56. The molecule has 0 heterocycles. The molecule has 1 rings (SSSR count). The van der Waals surface area contributed by atoms with Crippen LogP contribution >= 0.6 is 31.9 Å². The van der Waals surface area contributed by atoms with Gasteiger partial charge in [0.2, 0.25) is 10.0 Å². The summed E-state index contributed by atoms with van der Waals surface area (Å²) < 4.78 is 27.8. The highest BCUT2D eigenvalue weighted by Gasteiger charge is 2.26. The average Bonchev–Trinajstić information content (AvgIpc) is 2.30. The van der Waals surface area contributed by atoms with Gasteiger partial charge in [-0.05, 0) is 41.1 Å². The van der Waals surface area contributed by atoms with E-state index in [1.807, 2.05) is 0 Å². The maximum absolute atomic E-state index is 12.2. The van der Waals surface area contributed by atoms with Crippen LogP contribution in [-0.4, -0.2) is 25.5 Å². The summed E-state index contributed by atoms with van der Waals surface area (Å²) in [5, 5.41) is 8.87. The van der Waals surface area contributed by atoms with Crippen molar-refractivity contribution in [2.75, 3.05) is 0 Å². The minimum Gasteiger partial charge on any atom is -0.481 e. The molecule has 0 spiro atoms. The van der Waals surface area contributed by atoms with Crippen LogP contribution in [0.25, 0.3) is 0 Å². The number of halogens is 2. The SMILES string of the molecule is CC(NS(=O)(=O)c1cc(Br)ccc1Br)C(C)C(=O)O. The third-order valence-corrected chi connectivity index (χ3v) is 5.71. The summed E-state index contributed by atoms with van der Waals surface area (Å²) in [4.78, 5) is 10.9. The lowest BCUT2D eigenvalue weighted by atomic mass is 10.1. The van der Waals surface area contributed by atoms with E-state index in [1.54, 1.807) is 12.1 Å². The normalized spacial score (nSPS) is 14.9. The molecule has 0 fully saturated rings. The Morgan fingerprint density at radius 2 is 1.89 bits per heavy atom. The number of benzene rings is 1. The van der Waals surface area contributed by atoms with Crippen molar-refractivity contribution in [3.05, 3.63) is 27.1 Å². The van der Waals surface area contributed by atoms with Gasteiger partial charge >= 0.3 is 5.97 Å². The van der Waals surface area contributed by atoms with Crippen molar-refractivity contribution in [2.24, 2.45) is 5.92 Å². The highest BCUT2D eigenvalue weighted by molar-refractivity contribution is 9.11. The number of sulfonamides is 1. The van der Waals surface area contributed by atoms with Crippen molar-refractivity contribution in [1.29, 1.82) is 0 Å². The minimum absolute atomic E-state index is 0.0614. The van der Waals surface area contributed by atoms with E-state index in [9.17, 15) is 13.2 Å². The summed E-state index contributed by atoms with van der Waals surface area (Å²) in [6.07, 6.45) is 0. The smallest absolute Gasteiger partial charge is 0.307 e. The molecule has 0 aliphatic heterocycles. The predicted molar refractivity (Wildman–Crippen MR) is 78.4 cm³/mol. The number of hydrogen-bond donors (Lipinski definition) is 2. The van der Waals surface area contributed by atoms with Crippen LogP contribution in [0.5, 0.6) is 0 Å². The van der Waals surface area contributed by atoms with Gasteiger partial charge in [0.05, 0.1) is 10.8 Å². The molecule has 0 bridgehead atoms. The maximum atomic E-state index is 12.2. The Hall–Kier alpha value is -0.440. The van der Waals surface area contributed by atoms with Gasteiger partial charge < -0.3 is 5.11 Å². The van der Waals surface area contributed by atoms with Gasteiger partial charge in [-0.25, -0.2) is 13.1 Å². The van der Waals surface area contributed by atoms with E-state index >= 15 is 0 Å². The van der Waals surface area contributed by atoms with Gasteiger partial charge in [0.1, 0.15) is 0 Å². The van der Waals surface area contributed by atoms with Crippen molar-refractivity contribution in [1.82, 2.24) is 4.72 Å². The first-order valence-electron chi connectivity index (χ1n) is 5.35. The first kappa shape index (κ1) is 16.6. The predicted octanol–water partition coefficient (Wildman–Crippen LogP) is 2.60. The molecule has 1 aromatic rings. The number of hydrogen-bond acceptors (Lipinski definition) is 3. The number of carboxylic acids is 1. The van der Waals surface area contributed by atoms with Crippen LogP contribution in [0.15, 0.2) is 32.0 Å². The van der Waals surface area contributed by atoms with Crippen LogP contribution in [0.1, 0.15) is 13.8 Å². The lowest BCUT2D eigenvalue weighted by Gasteiger charge is -2.18. The molecule has 106 valence electrons. The molecule has 0 aliphatic rings. The lowest BCUT2D eigenvalue weighted by molar-refractivity contribution is -0.141. The minimum atomic E-state index is -3.78. The molecule has 2 atom stereocenters. The molecule has 2 N–H and O–H groups in total. The van der Waals surface area contributed by atoms with E-state index in [-0.39, 0.29) is 4.90 Å². The monoisotopic (exact) mass is 413 g/mol. The van der Waals surface area contributed by atoms with Crippen molar-refractivity contribution < 1.29 is 18.3 Å². The van der Waals surface area contributed by atoms with Gasteiger partial charge in [0, 0.05) is 15.0 Å². The fourth-order valence-corrected chi connectivity index (χ4v) is 4.13. The molecule has 8 heteroatoms. The first-order valence-corrected chi connectivity index (χ1v) is 8.42. The van der Waals surface area contributed by atoms with E-state index in [1.165, 1.54) is 19.9 Å². The average molecular weight is 415 g/mol. The summed E-state index contributed by atoms with van der Waals surface area (Å²) >= 11 is 6.37. The van der Waals surface area contributed by atoms with E-state index in [2.05, 4.69) is 36.6 Å². The summed E-state index contributed by atoms with van der Waals surface area (Å²) in [6.45, 7) is 2.97. The number of carboxylic acid groups (broad SMARTS) is 1. The van der Waals surface area contributed by atoms with Crippen molar-refractivity contribution in [2.45, 2.75) is 24.8 Å². The Balaban J connectivity index is 3.05. The zero-order valence-corrected chi connectivity index (χ0v) is 14.2. The summed E-state index contributed by atoms with van der Waals surface area (Å²) in [5.74, 6) is -1.87. The zero-order chi connectivity index (χ0) is 14.8. The second-order valence-electron chi connectivity index (χ2n) is 4.11. The number of aliphatic carboxylic acids is 1. The van der Waals surface area contributed by atoms with Crippen LogP contribution in [0.3, 0.4) is 0 Å². The lowest BCUT2D eigenvalue weighted by Crippen LogP contribution is -2.40. The Labute approximate surface area is 128 Å². The Bertz CT molecular complexity index is 588. The van der Waals surface area contributed by atoms with Crippen LogP contribution in [0.2, 0.25) is 0 Å². The summed E-state index contributed by atoms with van der Waals surface area (Å²) in [7, 11) is -3.78. The van der Waals surface area contributed by atoms with E-state index in [0.717, 1.165) is 0 Å². The molecule has 5 nitrogen and oxygen atoms in total.